The summed E-state index contributed by atoms with van der Waals surface area (Å²) in [5, 5.41) is 3.87. The summed E-state index contributed by atoms with van der Waals surface area (Å²) >= 11 is 1.34. The number of nitrogens with zero attached hydrogens (tertiary/aromatic N) is 1. The first-order valence-corrected chi connectivity index (χ1v) is 6.05. The molecule has 0 bridgehead atoms. The highest BCUT2D eigenvalue weighted by Gasteiger charge is 2.13. The number of anilines is 2. The van der Waals surface area contributed by atoms with E-state index in [1.54, 1.807) is 0 Å². The van der Waals surface area contributed by atoms with Gasteiger partial charge in [-0.25, -0.2) is 4.98 Å². The first-order chi connectivity index (χ1) is 8.20. The number of hydrogen-bond acceptors (Lipinski definition) is 5. The van der Waals surface area contributed by atoms with E-state index in [9.17, 15) is 4.79 Å². The van der Waals surface area contributed by atoms with E-state index in [0.717, 1.165) is 11.4 Å². The molecule has 2 rings (SSSR count). The number of rotatable bonds is 4. The predicted molar refractivity (Wildman–Crippen MR) is 70.0 cm³/mol. The van der Waals surface area contributed by atoms with Crippen LogP contribution < -0.4 is 11.1 Å². The molecule has 1 aromatic carbocycles. The van der Waals surface area contributed by atoms with Crippen molar-refractivity contribution in [1.82, 2.24) is 4.98 Å². The Balaban J connectivity index is 2.21. The van der Waals surface area contributed by atoms with Gasteiger partial charge in [-0.3, -0.25) is 4.79 Å². The van der Waals surface area contributed by atoms with Gasteiger partial charge >= 0.3 is 0 Å². The third-order valence-corrected chi connectivity index (χ3v) is 3.37. The molecule has 0 aliphatic heterocycles. The molecule has 2 aromatic rings. The number of Topliss-reactive ketones (excluding diaryl/α,β-unsaturated/α-hetero) is 1. The molecule has 5 heteroatoms. The average molecular weight is 247 g/mol. The summed E-state index contributed by atoms with van der Waals surface area (Å²) in [5.74, 6) is -0.0684. The third kappa shape index (κ3) is 2.69. The molecule has 0 aliphatic rings. The zero-order valence-corrected chi connectivity index (χ0v) is 10.3. The molecule has 0 unspecified atom stereocenters. The number of nitrogens with two attached hydrogens (primary N) is 1. The van der Waals surface area contributed by atoms with E-state index < -0.39 is 0 Å². The van der Waals surface area contributed by atoms with Crippen molar-refractivity contribution in [2.24, 2.45) is 5.73 Å². The Morgan fingerprint density at radius 2 is 2.12 bits per heavy atom. The van der Waals surface area contributed by atoms with Crippen molar-refractivity contribution in [1.29, 1.82) is 0 Å². The van der Waals surface area contributed by atoms with Crippen LogP contribution in [0.15, 0.2) is 30.3 Å². The summed E-state index contributed by atoms with van der Waals surface area (Å²) in [4.78, 5) is 16.5. The molecule has 3 N–H and O–H groups in total. The molecule has 0 amide bonds. The second-order valence-corrected chi connectivity index (χ2v) is 4.55. The van der Waals surface area contributed by atoms with Crippen LogP contribution in [0.3, 0.4) is 0 Å². The van der Waals surface area contributed by atoms with E-state index in [4.69, 9.17) is 5.73 Å². The van der Waals surface area contributed by atoms with Crippen molar-refractivity contribution < 1.29 is 4.79 Å². The highest BCUT2D eigenvalue weighted by atomic mass is 32.1. The SMILES string of the molecule is Cc1nc(Nc2ccccc2)sc1C(=O)CN. The van der Waals surface area contributed by atoms with Crippen LogP contribution in [0.1, 0.15) is 15.4 Å². The monoisotopic (exact) mass is 247 g/mol. The van der Waals surface area contributed by atoms with Crippen LogP contribution in [0.25, 0.3) is 0 Å². The van der Waals surface area contributed by atoms with E-state index in [-0.39, 0.29) is 12.3 Å². The van der Waals surface area contributed by atoms with Gasteiger partial charge in [-0.15, -0.1) is 0 Å². The molecule has 0 saturated heterocycles. The summed E-state index contributed by atoms with van der Waals surface area (Å²) in [7, 11) is 0. The summed E-state index contributed by atoms with van der Waals surface area (Å²) in [6.07, 6.45) is 0. The number of benzene rings is 1. The number of aromatic nitrogens is 1. The van der Waals surface area contributed by atoms with E-state index in [0.29, 0.717) is 10.0 Å². The highest BCUT2D eigenvalue weighted by Crippen LogP contribution is 2.25. The van der Waals surface area contributed by atoms with Crippen molar-refractivity contribution in [2.75, 3.05) is 11.9 Å². The Morgan fingerprint density at radius 1 is 1.41 bits per heavy atom. The van der Waals surface area contributed by atoms with Gasteiger partial charge in [0.2, 0.25) is 0 Å². The zero-order chi connectivity index (χ0) is 12.3. The first-order valence-electron chi connectivity index (χ1n) is 5.23. The molecular formula is C12H13N3OS. The third-order valence-electron chi connectivity index (χ3n) is 2.26. The second-order valence-electron chi connectivity index (χ2n) is 3.55. The Labute approximate surface area is 103 Å². The fourth-order valence-corrected chi connectivity index (χ4v) is 2.38. The topological polar surface area (TPSA) is 68.0 Å². The summed E-state index contributed by atoms with van der Waals surface area (Å²) in [6, 6.07) is 9.72. The number of carbonyl (C=O) groups is 1. The minimum atomic E-state index is -0.0684. The van der Waals surface area contributed by atoms with Gasteiger partial charge < -0.3 is 11.1 Å². The molecule has 88 valence electrons. The standard InChI is InChI=1S/C12H13N3OS/c1-8-11(10(16)7-13)17-12(14-8)15-9-5-3-2-4-6-9/h2-6H,7,13H2,1H3,(H,14,15). The lowest BCUT2D eigenvalue weighted by atomic mass is 10.3. The van der Waals surface area contributed by atoms with E-state index >= 15 is 0 Å². The molecule has 0 atom stereocenters. The first kappa shape index (κ1) is 11.8. The number of nitrogens with one attached hydrogen (secondary N) is 1. The van der Waals surface area contributed by atoms with Crippen LogP contribution in [-0.4, -0.2) is 17.3 Å². The summed E-state index contributed by atoms with van der Waals surface area (Å²) in [6.45, 7) is 1.84. The Kier molecular flexibility index (Phi) is 3.51. The lowest BCUT2D eigenvalue weighted by molar-refractivity contribution is 0.100. The summed E-state index contributed by atoms with van der Waals surface area (Å²) < 4.78 is 0. The molecule has 0 spiro atoms. The Bertz CT molecular complexity index is 522. The maximum absolute atomic E-state index is 11.5. The van der Waals surface area contributed by atoms with Gasteiger partial charge in [0, 0.05) is 5.69 Å². The maximum Gasteiger partial charge on any atom is 0.188 e. The molecule has 0 radical (unpaired) electrons. The fraction of sp³-hybridized carbons (Fsp3) is 0.167. The number of thiazole rings is 1. The Hall–Kier alpha value is -1.72. The molecule has 1 heterocycles. The normalized spacial score (nSPS) is 10.2. The van der Waals surface area contributed by atoms with Gasteiger partial charge in [0.1, 0.15) is 0 Å². The quantitative estimate of drug-likeness (QED) is 0.814. The van der Waals surface area contributed by atoms with E-state index in [2.05, 4.69) is 10.3 Å². The minimum absolute atomic E-state index is 0.0216. The van der Waals surface area contributed by atoms with Crippen molar-refractivity contribution in [3.05, 3.63) is 40.9 Å². The van der Waals surface area contributed by atoms with Gasteiger partial charge in [0.05, 0.1) is 17.1 Å². The average Bonchev–Trinajstić information content (AvgIpc) is 2.70. The largest absolute Gasteiger partial charge is 0.332 e. The van der Waals surface area contributed by atoms with Crippen molar-refractivity contribution in [2.45, 2.75) is 6.92 Å². The zero-order valence-electron chi connectivity index (χ0n) is 9.43. The smallest absolute Gasteiger partial charge is 0.188 e. The molecule has 4 nitrogen and oxygen atoms in total. The van der Waals surface area contributed by atoms with Gasteiger partial charge in [0.25, 0.3) is 0 Å². The molecule has 1 aromatic heterocycles. The van der Waals surface area contributed by atoms with E-state index in [1.807, 2.05) is 37.3 Å². The molecule has 0 saturated carbocycles. The van der Waals surface area contributed by atoms with Crippen LogP contribution >= 0.6 is 11.3 Å². The van der Waals surface area contributed by atoms with E-state index in [1.165, 1.54) is 11.3 Å². The number of para-hydroxylation sites is 1. The molecule has 0 aliphatic carbocycles. The van der Waals surface area contributed by atoms with Crippen LogP contribution in [0.5, 0.6) is 0 Å². The fourth-order valence-electron chi connectivity index (χ4n) is 1.45. The number of aryl methyl sites for hydroxylation is 1. The molecule has 17 heavy (non-hydrogen) atoms. The highest BCUT2D eigenvalue weighted by molar-refractivity contribution is 7.17. The van der Waals surface area contributed by atoms with Gasteiger partial charge in [-0.05, 0) is 19.1 Å². The lowest BCUT2D eigenvalue weighted by Crippen LogP contribution is -2.13. The van der Waals surface area contributed by atoms with Gasteiger partial charge in [-0.2, -0.15) is 0 Å². The van der Waals surface area contributed by atoms with Crippen LogP contribution in [0, 0.1) is 6.92 Å². The van der Waals surface area contributed by atoms with Crippen LogP contribution in [0.2, 0.25) is 0 Å². The lowest BCUT2D eigenvalue weighted by Gasteiger charge is -2.00. The van der Waals surface area contributed by atoms with Crippen molar-refractivity contribution >= 4 is 27.9 Å². The number of carbonyl (C=O) groups excluding carboxylic acids is 1. The Morgan fingerprint density at radius 3 is 2.76 bits per heavy atom. The maximum atomic E-state index is 11.5. The van der Waals surface area contributed by atoms with Crippen LogP contribution in [0.4, 0.5) is 10.8 Å². The number of ketones is 1. The molecule has 0 fully saturated rings. The minimum Gasteiger partial charge on any atom is -0.332 e. The van der Waals surface area contributed by atoms with Crippen molar-refractivity contribution in [3.8, 4) is 0 Å². The molecular weight excluding hydrogens is 234 g/mol. The van der Waals surface area contributed by atoms with Gasteiger partial charge in [0.15, 0.2) is 10.9 Å². The van der Waals surface area contributed by atoms with Crippen LogP contribution in [-0.2, 0) is 0 Å². The summed E-state index contributed by atoms with van der Waals surface area (Å²) in [5.41, 5.74) is 7.02. The number of hydrogen-bond donors (Lipinski definition) is 2. The van der Waals surface area contributed by atoms with Crippen molar-refractivity contribution in [3.63, 3.8) is 0 Å². The van der Waals surface area contributed by atoms with Gasteiger partial charge in [-0.1, -0.05) is 29.5 Å². The predicted octanol–water partition coefficient (Wildman–Crippen LogP) is 2.34. The second kappa shape index (κ2) is 5.07.